The lowest BCUT2D eigenvalue weighted by Crippen LogP contribution is -2.49. The fourth-order valence-electron chi connectivity index (χ4n) is 3.61. The Morgan fingerprint density at radius 1 is 0.968 bits per heavy atom. The second-order valence-electron chi connectivity index (χ2n) is 7.38. The predicted octanol–water partition coefficient (Wildman–Crippen LogP) is 2.73. The van der Waals surface area contributed by atoms with Gasteiger partial charge in [0, 0.05) is 44.7 Å². The van der Waals surface area contributed by atoms with E-state index in [1.54, 1.807) is 12.1 Å². The fourth-order valence-corrected chi connectivity index (χ4v) is 4.95. The molecule has 1 aliphatic heterocycles. The number of fused-ring (bicyclic) bond motifs is 1. The number of hydrogen-bond donors (Lipinski definition) is 1. The van der Waals surface area contributed by atoms with Crippen LogP contribution >= 0.6 is 12.4 Å². The minimum Gasteiger partial charge on any atom is -0.451 e. The summed E-state index contributed by atoms with van der Waals surface area (Å²) in [5, 5.41) is 3.48. The Balaban J connectivity index is 0.00000272. The van der Waals surface area contributed by atoms with E-state index in [0.29, 0.717) is 31.8 Å². The summed E-state index contributed by atoms with van der Waals surface area (Å²) < 4.78 is 32.3. The Kier molecular flexibility index (Phi) is 7.72. The number of halogens is 1. The highest BCUT2D eigenvalue weighted by Gasteiger charge is 2.27. The molecular formula is C22H26ClN3O4S. The van der Waals surface area contributed by atoms with Gasteiger partial charge >= 0.3 is 0 Å². The second-order valence-corrected chi connectivity index (χ2v) is 9.47. The molecule has 2 aromatic carbocycles. The molecule has 0 spiro atoms. The number of piperazine rings is 1. The SMILES string of the molecule is Cl.O=C(NCCS(=O)(=O)N1CCN(Cc2ccccc2)CC1)c1cc2ccccc2o1. The Labute approximate surface area is 188 Å². The van der Waals surface area contributed by atoms with Crippen LogP contribution in [0.3, 0.4) is 0 Å². The number of nitrogens with one attached hydrogen (secondary N) is 1. The highest BCUT2D eigenvalue weighted by Crippen LogP contribution is 2.18. The normalized spacial score (nSPS) is 15.5. The highest BCUT2D eigenvalue weighted by atomic mass is 35.5. The van der Waals surface area contributed by atoms with Crippen LogP contribution in [0.5, 0.6) is 0 Å². The third-order valence-electron chi connectivity index (χ3n) is 5.27. The summed E-state index contributed by atoms with van der Waals surface area (Å²) in [4.78, 5) is 14.5. The third kappa shape index (κ3) is 5.86. The Bertz CT molecular complexity index is 1080. The number of hydrogen-bond acceptors (Lipinski definition) is 5. The maximum Gasteiger partial charge on any atom is 0.287 e. The molecule has 3 aromatic rings. The number of sulfonamides is 1. The standard InChI is InChI=1S/C22H25N3O4S.ClH/c26-22(21-16-19-8-4-5-9-20(19)29-21)23-10-15-30(27,28)25-13-11-24(12-14-25)17-18-6-2-1-3-7-18;/h1-9,16H,10-15,17H2,(H,23,26);1H. The Morgan fingerprint density at radius 2 is 1.65 bits per heavy atom. The topological polar surface area (TPSA) is 82.9 Å². The average Bonchev–Trinajstić information content (AvgIpc) is 3.19. The molecule has 4 rings (SSSR count). The number of furan rings is 1. The summed E-state index contributed by atoms with van der Waals surface area (Å²) in [5.74, 6) is -0.352. The molecule has 0 bridgehead atoms. The molecule has 1 fully saturated rings. The van der Waals surface area contributed by atoms with Gasteiger partial charge in [0.2, 0.25) is 10.0 Å². The highest BCUT2D eigenvalue weighted by molar-refractivity contribution is 7.89. The van der Waals surface area contributed by atoms with Crippen molar-refractivity contribution in [3.05, 3.63) is 72.0 Å². The molecular weight excluding hydrogens is 438 g/mol. The molecule has 1 amide bonds. The number of carbonyl (C=O) groups is 1. The van der Waals surface area contributed by atoms with Crippen LogP contribution in [0.4, 0.5) is 0 Å². The van der Waals surface area contributed by atoms with Gasteiger partial charge in [0.25, 0.3) is 5.91 Å². The zero-order valence-electron chi connectivity index (χ0n) is 17.1. The van der Waals surface area contributed by atoms with Crippen molar-refractivity contribution in [3.63, 3.8) is 0 Å². The van der Waals surface area contributed by atoms with E-state index in [9.17, 15) is 13.2 Å². The first-order chi connectivity index (χ1) is 14.5. The molecule has 0 unspecified atom stereocenters. The van der Waals surface area contributed by atoms with E-state index in [2.05, 4.69) is 22.3 Å². The number of nitrogens with zero attached hydrogens (tertiary/aromatic N) is 2. The van der Waals surface area contributed by atoms with Crippen LogP contribution in [0.25, 0.3) is 11.0 Å². The van der Waals surface area contributed by atoms with Gasteiger partial charge in [-0.05, 0) is 17.7 Å². The van der Waals surface area contributed by atoms with Gasteiger partial charge in [-0.25, -0.2) is 8.42 Å². The minimum absolute atomic E-state index is 0. The number of para-hydroxylation sites is 1. The lowest BCUT2D eigenvalue weighted by molar-refractivity contribution is 0.0930. The van der Waals surface area contributed by atoms with E-state index in [1.165, 1.54) is 9.87 Å². The average molecular weight is 464 g/mol. The molecule has 0 aliphatic carbocycles. The molecule has 1 saturated heterocycles. The van der Waals surface area contributed by atoms with E-state index >= 15 is 0 Å². The van der Waals surface area contributed by atoms with Gasteiger partial charge in [-0.3, -0.25) is 9.69 Å². The van der Waals surface area contributed by atoms with Gasteiger partial charge in [0.05, 0.1) is 5.75 Å². The van der Waals surface area contributed by atoms with Crippen LogP contribution in [0.15, 0.2) is 65.1 Å². The maximum absolute atomic E-state index is 12.6. The van der Waals surface area contributed by atoms with Gasteiger partial charge < -0.3 is 9.73 Å². The lowest BCUT2D eigenvalue weighted by atomic mass is 10.2. The first-order valence-electron chi connectivity index (χ1n) is 10.0. The molecule has 31 heavy (non-hydrogen) atoms. The molecule has 9 heteroatoms. The van der Waals surface area contributed by atoms with E-state index in [4.69, 9.17) is 4.42 Å². The van der Waals surface area contributed by atoms with E-state index < -0.39 is 15.9 Å². The largest absolute Gasteiger partial charge is 0.451 e. The summed E-state index contributed by atoms with van der Waals surface area (Å²) >= 11 is 0. The third-order valence-corrected chi connectivity index (χ3v) is 7.14. The van der Waals surface area contributed by atoms with Crippen molar-refractivity contribution >= 4 is 39.3 Å². The van der Waals surface area contributed by atoms with E-state index in [-0.39, 0.29) is 30.5 Å². The van der Waals surface area contributed by atoms with Crippen LogP contribution in [0, 0.1) is 0 Å². The lowest BCUT2D eigenvalue weighted by Gasteiger charge is -2.34. The predicted molar refractivity (Wildman–Crippen MR) is 123 cm³/mol. The van der Waals surface area contributed by atoms with Crippen LogP contribution in [-0.4, -0.2) is 62.0 Å². The van der Waals surface area contributed by atoms with Crippen molar-refractivity contribution in [2.75, 3.05) is 38.5 Å². The van der Waals surface area contributed by atoms with Crippen LogP contribution in [0.1, 0.15) is 16.1 Å². The zero-order chi connectivity index (χ0) is 21.0. The van der Waals surface area contributed by atoms with Gasteiger partial charge in [0.1, 0.15) is 5.58 Å². The van der Waals surface area contributed by atoms with Crippen molar-refractivity contribution in [2.45, 2.75) is 6.54 Å². The molecule has 0 radical (unpaired) electrons. The summed E-state index contributed by atoms with van der Waals surface area (Å²) in [6.45, 7) is 3.18. The van der Waals surface area contributed by atoms with E-state index in [0.717, 1.165) is 11.9 Å². The van der Waals surface area contributed by atoms with Gasteiger partial charge in [-0.15, -0.1) is 12.4 Å². The maximum atomic E-state index is 12.6. The number of rotatable bonds is 7. The zero-order valence-corrected chi connectivity index (χ0v) is 18.7. The summed E-state index contributed by atoms with van der Waals surface area (Å²) in [6, 6.07) is 19.2. The molecule has 0 atom stereocenters. The van der Waals surface area contributed by atoms with Crippen molar-refractivity contribution in [2.24, 2.45) is 0 Å². The first kappa shape index (κ1) is 23.3. The Morgan fingerprint density at radius 3 is 2.35 bits per heavy atom. The minimum atomic E-state index is -3.42. The monoisotopic (exact) mass is 463 g/mol. The molecule has 1 aliphatic rings. The van der Waals surface area contributed by atoms with Crippen LogP contribution < -0.4 is 5.32 Å². The van der Waals surface area contributed by atoms with Crippen molar-refractivity contribution in [1.82, 2.24) is 14.5 Å². The van der Waals surface area contributed by atoms with Gasteiger partial charge in [-0.1, -0.05) is 48.5 Å². The smallest absolute Gasteiger partial charge is 0.287 e. The molecule has 0 saturated carbocycles. The number of benzene rings is 2. The summed E-state index contributed by atoms with van der Waals surface area (Å²) in [5.41, 5.74) is 1.85. The van der Waals surface area contributed by atoms with Crippen molar-refractivity contribution < 1.29 is 17.6 Å². The van der Waals surface area contributed by atoms with Crippen molar-refractivity contribution in [1.29, 1.82) is 0 Å². The first-order valence-corrected chi connectivity index (χ1v) is 11.6. The molecule has 2 heterocycles. The molecule has 166 valence electrons. The molecule has 7 nitrogen and oxygen atoms in total. The van der Waals surface area contributed by atoms with Crippen LogP contribution in [-0.2, 0) is 16.6 Å². The van der Waals surface area contributed by atoms with Crippen molar-refractivity contribution in [3.8, 4) is 0 Å². The number of carbonyl (C=O) groups excluding carboxylic acids is 1. The van der Waals surface area contributed by atoms with E-state index in [1.807, 2.05) is 36.4 Å². The van der Waals surface area contributed by atoms with Crippen LogP contribution in [0.2, 0.25) is 0 Å². The molecule has 1 N–H and O–H groups in total. The second kappa shape index (κ2) is 10.3. The fraction of sp³-hybridized carbons (Fsp3) is 0.318. The van der Waals surface area contributed by atoms with Gasteiger partial charge in [-0.2, -0.15) is 4.31 Å². The summed E-state index contributed by atoms with van der Waals surface area (Å²) in [6.07, 6.45) is 0. The Hall–Kier alpha value is -2.39. The summed E-state index contributed by atoms with van der Waals surface area (Å²) in [7, 11) is -3.42. The molecule has 1 aromatic heterocycles. The number of amides is 1. The quantitative estimate of drug-likeness (QED) is 0.582. The van der Waals surface area contributed by atoms with Gasteiger partial charge in [0.15, 0.2) is 5.76 Å².